The predicted molar refractivity (Wildman–Crippen MR) is 106 cm³/mol. The molecule has 6 nitrogen and oxygen atoms in total. The van der Waals surface area contributed by atoms with Crippen LogP contribution in [0.1, 0.15) is 34.6 Å². The van der Waals surface area contributed by atoms with Crippen LogP contribution in [-0.2, 0) is 4.79 Å². The van der Waals surface area contributed by atoms with Crippen molar-refractivity contribution in [2.45, 2.75) is 26.7 Å². The molecule has 2 N–H and O–H groups in total. The van der Waals surface area contributed by atoms with Crippen LogP contribution < -0.4 is 10.6 Å². The van der Waals surface area contributed by atoms with Crippen LogP contribution >= 0.6 is 11.6 Å². The molecule has 0 aliphatic heterocycles. The van der Waals surface area contributed by atoms with Crippen molar-refractivity contribution >= 4 is 34.7 Å². The summed E-state index contributed by atoms with van der Waals surface area (Å²) in [7, 11) is 0. The van der Waals surface area contributed by atoms with E-state index in [0.29, 0.717) is 41.5 Å². The summed E-state index contributed by atoms with van der Waals surface area (Å²) in [6.45, 7) is 4.19. The molecule has 0 radical (unpaired) electrons. The summed E-state index contributed by atoms with van der Waals surface area (Å²) in [5, 5.41) is 6.29. The summed E-state index contributed by atoms with van der Waals surface area (Å²) in [6, 6.07) is 10.8. The molecule has 140 valence electrons. The minimum absolute atomic E-state index is 0.104. The summed E-state index contributed by atoms with van der Waals surface area (Å²) in [5.74, 6) is -0.295. The number of nitrogens with one attached hydrogen (secondary N) is 2. The normalized spacial score (nSPS) is 10.8. The number of hydrogen-bond acceptors (Lipinski definition) is 3. The smallest absolute Gasteiger partial charge is 0.270 e. The number of amides is 2. The second-order valence-corrected chi connectivity index (χ2v) is 6.78. The molecule has 0 saturated carbocycles. The molecular weight excluding hydrogens is 364 g/mol. The number of hydrogen-bond donors (Lipinski definition) is 2. The number of imidazole rings is 1. The fraction of sp³-hybridized carbons (Fsp3) is 0.250. The first-order valence-corrected chi connectivity index (χ1v) is 9.11. The molecule has 2 heterocycles. The van der Waals surface area contributed by atoms with Gasteiger partial charge in [-0.15, -0.1) is 0 Å². The van der Waals surface area contributed by atoms with Gasteiger partial charge in [0.2, 0.25) is 5.91 Å². The summed E-state index contributed by atoms with van der Waals surface area (Å²) in [5.41, 5.74) is 3.70. The Bertz CT molecular complexity index is 980. The highest BCUT2D eigenvalue weighted by Gasteiger charge is 2.17. The molecule has 1 aromatic carbocycles. The molecule has 0 unspecified atom stereocenters. The van der Waals surface area contributed by atoms with Gasteiger partial charge in [0, 0.05) is 29.9 Å². The van der Waals surface area contributed by atoms with E-state index in [-0.39, 0.29) is 11.8 Å². The number of halogens is 1. The van der Waals surface area contributed by atoms with Crippen LogP contribution in [0.4, 0.5) is 5.69 Å². The standard InChI is InChI=1S/C20H21ClN4O2/c1-13-5-4-12-25-18(14(2)23-19(13)25)20(27)22-11-3-6-17(26)24-16-9-7-15(21)8-10-16/h4-5,7-10,12H,3,6,11H2,1-2H3,(H,22,27)(H,24,26). The van der Waals surface area contributed by atoms with Crippen LogP contribution in [0.25, 0.3) is 5.65 Å². The maximum atomic E-state index is 12.5. The third-order valence-corrected chi connectivity index (χ3v) is 4.48. The maximum Gasteiger partial charge on any atom is 0.270 e. The molecule has 0 saturated heterocycles. The van der Waals surface area contributed by atoms with Crippen molar-refractivity contribution in [2.24, 2.45) is 0 Å². The fourth-order valence-electron chi connectivity index (χ4n) is 2.88. The summed E-state index contributed by atoms with van der Waals surface area (Å²) < 4.78 is 1.80. The monoisotopic (exact) mass is 384 g/mol. The molecule has 0 aliphatic rings. The molecule has 0 fully saturated rings. The third kappa shape index (κ3) is 4.46. The van der Waals surface area contributed by atoms with Gasteiger partial charge >= 0.3 is 0 Å². The highest BCUT2D eigenvalue weighted by Crippen LogP contribution is 2.15. The number of rotatable bonds is 6. The zero-order chi connectivity index (χ0) is 19.4. The predicted octanol–water partition coefficient (Wildman–Crippen LogP) is 3.75. The largest absolute Gasteiger partial charge is 0.351 e. The lowest BCUT2D eigenvalue weighted by atomic mass is 10.2. The van der Waals surface area contributed by atoms with Crippen LogP contribution in [0, 0.1) is 13.8 Å². The van der Waals surface area contributed by atoms with Crippen molar-refractivity contribution in [2.75, 3.05) is 11.9 Å². The Morgan fingerprint density at radius 1 is 1.15 bits per heavy atom. The molecule has 3 aromatic rings. The van der Waals surface area contributed by atoms with Crippen molar-refractivity contribution in [1.82, 2.24) is 14.7 Å². The molecule has 7 heteroatoms. The van der Waals surface area contributed by atoms with E-state index in [1.54, 1.807) is 28.7 Å². The molecule has 0 atom stereocenters. The van der Waals surface area contributed by atoms with E-state index < -0.39 is 0 Å². The number of aromatic nitrogens is 2. The van der Waals surface area contributed by atoms with E-state index in [1.807, 2.05) is 32.2 Å². The highest BCUT2D eigenvalue weighted by atomic mass is 35.5. The van der Waals surface area contributed by atoms with E-state index in [2.05, 4.69) is 15.6 Å². The Morgan fingerprint density at radius 2 is 1.89 bits per heavy atom. The van der Waals surface area contributed by atoms with Gasteiger partial charge in [0.25, 0.3) is 5.91 Å². The zero-order valence-corrected chi connectivity index (χ0v) is 16.0. The number of carbonyl (C=O) groups is 2. The first kappa shape index (κ1) is 18.9. The fourth-order valence-corrected chi connectivity index (χ4v) is 3.01. The maximum absolute atomic E-state index is 12.5. The summed E-state index contributed by atoms with van der Waals surface area (Å²) >= 11 is 5.82. The van der Waals surface area contributed by atoms with Crippen LogP contribution in [0.2, 0.25) is 5.02 Å². The van der Waals surface area contributed by atoms with Gasteiger partial charge in [-0.05, 0) is 56.2 Å². The number of pyridine rings is 1. The number of nitrogens with zero attached hydrogens (tertiary/aromatic N) is 2. The van der Waals surface area contributed by atoms with E-state index >= 15 is 0 Å². The quantitative estimate of drug-likeness (QED) is 0.635. The van der Waals surface area contributed by atoms with Crippen molar-refractivity contribution in [3.63, 3.8) is 0 Å². The highest BCUT2D eigenvalue weighted by molar-refractivity contribution is 6.30. The van der Waals surface area contributed by atoms with Gasteiger partial charge in [0.05, 0.1) is 5.69 Å². The average Bonchev–Trinajstić information content (AvgIpc) is 2.98. The molecule has 0 spiro atoms. The second kappa shape index (κ2) is 8.22. The van der Waals surface area contributed by atoms with Gasteiger partial charge in [0.15, 0.2) is 0 Å². The minimum atomic E-state index is -0.191. The van der Waals surface area contributed by atoms with Gasteiger partial charge < -0.3 is 10.6 Å². The van der Waals surface area contributed by atoms with Gasteiger partial charge in [-0.3, -0.25) is 14.0 Å². The Kier molecular flexibility index (Phi) is 5.76. The molecule has 2 aromatic heterocycles. The van der Waals surface area contributed by atoms with Gasteiger partial charge in [-0.1, -0.05) is 17.7 Å². The molecule has 27 heavy (non-hydrogen) atoms. The van der Waals surface area contributed by atoms with Crippen LogP contribution in [0.15, 0.2) is 42.6 Å². The Morgan fingerprint density at radius 3 is 2.63 bits per heavy atom. The number of anilines is 1. The zero-order valence-electron chi connectivity index (χ0n) is 15.3. The lowest BCUT2D eigenvalue weighted by Gasteiger charge is -2.07. The molecule has 3 rings (SSSR count). The van der Waals surface area contributed by atoms with Crippen molar-refractivity contribution in [1.29, 1.82) is 0 Å². The van der Waals surface area contributed by atoms with E-state index in [1.165, 1.54) is 0 Å². The summed E-state index contributed by atoms with van der Waals surface area (Å²) in [6.07, 6.45) is 2.69. The SMILES string of the molecule is Cc1nc2c(C)cccn2c1C(=O)NCCCC(=O)Nc1ccc(Cl)cc1. The molecule has 2 amide bonds. The first-order valence-electron chi connectivity index (χ1n) is 8.73. The Balaban J connectivity index is 1.51. The van der Waals surface area contributed by atoms with Gasteiger partial charge in [-0.2, -0.15) is 0 Å². The second-order valence-electron chi connectivity index (χ2n) is 6.35. The number of fused-ring (bicyclic) bond motifs is 1. The van der Waals surface area contributed by atoms with Gasteiger partial charge in [0.1, 0.15) is 11.3 Å². The summed E-state index contributed by atoms with van der Waals surface area (Å²) in [4.78, 5) is 29.0. The van der Waals surface area contributed by atoms with Crippen molar-refractivity contribution in [3.8, 4) is 0 Å². The topological polar surface area (TPSA) is 75.5 Å². The van der Waals surface area contributed by atoms with E-state index in [9.17, 15) is 9.59 Å². The van der Waals surface area contributed by atoms with E-state index in [4.69, 9.17) is 11.6 Å². The van der Waals surface area contributed by atoms with Gasteiger partial charge in [-0.25, -0.2) is 4.98 Å². The lowest BCUT2D eigenvalue weighted by molar-refractivity contribution is -0.116. The van der Waals surface area contributed by atoms with Crippen LogP contribution in [-0.4, -0.2) is 27.7 Å². The van der Waals surface area contributed by atoms with Crippen LogP contribution in [0.5, 0.6) is 0 Å². The number of benzene rings is 1. The lowest BCUT2D eigenvalue weighted by Crippen LogP contribution is -2.27. The molecule has 0 aliphatic carbocycles. The third-order valence-electron chi connectivity index (χ3n) is 4.23. The first-order chi connectivity index (χ1) is 13.0. The average molecular weight is 385 g/mol. The van der Waals surface area contributed by atoms with E-state index in [0.717, 1.165) is 11.2 Å². The Hall–Kier alpha value is -2.86. The van der Waals surface area contributed by atoms with Crippen molar-refractivity contribution in [3.05, 3.63) is 64.6 Å². The molecule has 0 bridgehead atoms. The Labute approximate surface area is 162 Å². The molecular formula is C20H21ClN4O2. The minimum Gasteiger partial charge on any atom is -0.351 e. The number of aryl methyl sites for hydroxylation is 2. The van der Waals surface area contributed by atoms with Crippen molar-refractivity contribution < 1.29 is 9.59 Å². The number of carbonyl (C=O) groups excluding carboxylic acids is 2. The van der Waals surface area contributed by atoms with Crippen LogP contribution in [0.3, 0.4) is 0 Å².